The van der Waals surface area contributed by atoms with Crippen LogP contribution in [0.2, 0.25) is 0 Å². The van der Waals surface area contributed by atoms with Crippen LogP contribution in [0.1, 0.15) is 22.0 Å². The Kier molecular flexibility index (Phi) is 5.01. The average Bonchev–Trinajstić information content (AvgIpc) is 3.08. The molecule has 4 rings (SSSR count). The Hall–Kier alpha value is -3.64. The van der Waals surface area contributed by atoms with E-state index in [0.717, 1.165) is 16.8 Å². The van der Waals surface area contributed by atoms with E-state index in [1.54, 1.807) is 28.6 Å². The van der Waals surface area contributed by atoms with Crippen LogP contribution in [-0.4, -0.2) is 27.6 Å². The molecular weight excluding hydrogens is 364 g/mol. The summed E-state index contributed by atoms with van der Waals surface area (Å²) < 4.78 is 1.79. The van der Waals surface area contributed by atoms with Gasteiger partial charge >= 0.3 is 0 Å². The van der Waals surface area contributed by atoms with Crippen LogP contribution in [-0.2, 0) is 6.54 Å². The molecule has 1 aromatic heterocycles. The number of aliphatic hydroxyl groups is 1. The molecule has 1 atom stereocenters. The summed E-state index contributed by atoms with van der Waals surface area (Å²) in [7, 11) is 1.73. The average molecular weight is 386 g/mol. The minimum Gasteiger partial charge on any atom is -0.387 e. The van der Waals surface area contributed by atoms with Crippen molar-refractivity contribution >= 4 is 28.6 Å². The molecule has 0 radical (unpaired) electrons. The van der Waals surface area contributed by atoms with Crippen molar-refractivity contribution in [2.24, 2.45) is 0 Å². The first-order valence-electron chi connectivity index (χ1n) is 9.36. The van der Waals surface area contributed by atoms with Gasteiger partial charge in [-0.15, -0.1) is 0 Å². The number of carbonyl (C=O) groups is 1. The second kappa shape index (κ2) is 7.77. The molecule has 0 unspecified atom stereocenters. The van der Waals surface area contributed by atoms with Crippen LogP contribution >= 0.6 is 0 Å². The van der Waals surface area contributed by atoms with Gasteiger partial charge in [-0.3, -0.25) is 4.79 Å². The molecular formula is C23H22N4O2. The highest BCUT2D eigenvalue weighted by atomic mass is 16.3. The molecule has 0 aliphatic heterocycles. The SMILES string of the molecule is CN(C(=O)c1ccccc1)c1ccc2c(c1)nc(N)n2C[C@H](O)c1ccccc1. The lowest BCUT2D eigenvalue weighted by Crippen LogP contribution is -2.26. The number of aliphatic hydroxyl groups excluding tert-OH is 1. The molecule has 0 spiro atoms. The summed E-state index contributed by atoms with van der Waals surface area (Å²) in [5.74, 6) is 0.223. The minimum atomic E-state index is -0.696. The van der Waals surface area contributed by atoms with Gasteiger partial charge < -0.3 is 20.3 Å². The van der Waals surface area contributed by atoms with Crippen molar-refractivity contribution in [2.75, 3.05) is 17.7 Å². The lowest BCUT2D eigenvalue weighted by Gasteiger charge is -2.18. The number of aromatic nitrogens is 2. The summed E-state index contributed by atoms with van der Waals surface area (Å²) in [5.41, 5.74) is 9.75. The largest absolute Gasteiger partial charge is 0.387 e. The molecule has 0 saturated carbocycles. The molecule has 3 N–H and O–H groups in total. The molecule has 6 heteroatoms. The second-order valence-corrected chi connectivity index (χ2v) is 6.91. The first-order valence-corrected chi connectivity index (χ1v) is 9.36. The molecule has 0 aliphatic carbocycles. The summed E-state index contributed by atoms with van der Waals surface area (Å²) in [6.45, 7) is 0.296. The maximum atomic E-state index is 12.7. The number of hydrogen-bond acceptors (Lipinski definition) is 4. The van der Waals surface area contributed by atoms with Crippen molar-refractivity contribution in [3.05, 3.63) is 90.0 Å². The third-order valence-electron chi connectivity index (χ3n) is 5.01. The zero-order valence-corrected chi connectivity index (χ0v) is 16.1. The predicted molar refractivity (Wildman–Crippen MR) is 115 cm³/mol. The molecule has 0 bridgehead atoms. The van der Waals surface area contributed by atoms with Crippen LogP contribution in [0, 0.1) is 0 Å². The van der Waals surface area contributed by atoms with E-state index in [1.165, 1.54) is 0 Å². The van der Waals surface area contributed by atoms with Crippen molar-refractivity contribution < 1.29 is 9.90 Å². The number of fused-ring (bicyclic) bond motifs is 1. The van der Waals surface area contributed by atoms with Crippen LogP contribution < -0.4 is 10.6 Å². The van der Waals surface area contributed by atoms with Crippen molar-refractivity contribution in [1.82, 2.24) is 9.55 Å². The molecule has 0 fully saturated rings. The van der Waals surface area contributed by atoms with E-state index in [2.05, 4.69) is 4.98 Å². The molecule has 1 amide bonds. The fourth-order valence-electron chi connectivity index (χ4n) is 3.38. The fourth-order valence-corrected chi connectivity index (χ4v) is 3.38. The number of amides is 1. The Labute approximate surface area is 168 Å². The first kappa shape index (κ1) is 18.7. The highest BCUT2D eigenvalue weighted by molar-refractivity contribution is 6.06. The van der Waals surface area contributed by atoms with Crippen LogP contribution in [0.15, 0.2) is 78.9 Å². The van der Waals surface area contributed by atoms with E-state index in [-0.39, 0.29) is 5.91 Å². The van der Waals surface area contributed by atoms with Gasteiger partial charge in [0.1, 0.15) is 0 Å². The van der Waals surface area contributed by atoms with Gasteiger partial charge in [-0.2, -0.15) is 0 Å². The fraction of sp³-hybridized carbons (Fsp3) is 0.130. The van der Waals surface area contributed by atoms with Crippen molar-refractivity contribution in [3.8, 4) is 0 Å². The van der Waals surface area contributed by atoms with Gasteiger partial charge in [0.05, 0.1) is 23.7 Å². The normalized spacial score (nSPS) is 12.1. The van der Waals surface area contributed by atoms with Crippen molar-refractivity contribution in [1.29, 1.82) is 0 Å². The Bertz CT molecular complexity index is 1140. The molecule has 1 heterocycles. The topological polar surface area (TPSA) is 84.4 Å². The Morgan fingerprint density at radius 3 is 2.41 bits per heavy atom. The summed E-state index contributed by atoms with van der Waals surface area (Å²) in [6, 6.07) is 24.1. The van der Waals surface area contributed by atoms with Crippen molar-refractivity contribution in [2.45, 2.75) is 12.6 Å². The summed E-state index contributed by atoms with van der Waals surface area (Å²) in [4.78, 5) is 18.7. The predicted octanol–water partition coefficient (Wildman–Crippen LogP) is 3.63. The molecule has 0 aliphatic rings. The number of benzene rings is 3. The number of rotatable bonds is 5. The summed E-state index contributed by atoms with van der Waals surface area (Å²) >= 11 is 0. The molecule has 6 nitrogen and oxygen atoms in total. The van der Waals surface area contributed by atoms with E-state index < -0.39 is 6.10 Å². The van der Waals surface area contributed by atoms with Crippen LogP contribution in [0.5, 0.6) is 0 Å². The number of anilines is 2. The third-order valence-corrected chi connectivity index (χ3v) is 5.01. The van der Waals surface area contributed by atoms with Gasteiger partial charge in [0.15, 0.2) is 0 Å². The Morgan fingerprint density at radius 1 is 1.07 bits per heavy atom. The zero-order valence-electron chi connectivity index (χ0n) is 16.1. The second-order valence-electron chi connectivity index (χ2n) is 6.91. The summed E-state index contributed by atoms with van der Waals surface area (Å²) in [6.07, 6.45) is -0.696. The third kappa shape index (κ3) is 3.70. The maximum Gasteiger partial charge on any atom is 0.258 e. The van der Waals surface area contributed by atoms with Crippen LogP contribution in [0.4, 0.5) is 11.6 Å². The number of nitrogen functional groups attached to an aromatic ring is 1. The van der Waals surface area contributed by atoms with E-state index in [1.807, 2.05) is 66.7 Å². The van der Waals surface area contributed by atoms with Gasteiger partial charge in [0.25, 0.3) is 5.91 Å². The number of nitrogens with zero attached hydrogens (tertiary/aromatic N) is 3. The molecule has 0 saturated heterocycles. The molecule has 29 heavy (non-hydrogen) atoms. The maximum absolute atomic E-state index is 12.7. The van der Waals surface area contributed by atoms with Gasteiger partial charge in [0.2, 0.25) is 5.95 Å². The quantitative estimate of drug-likeness (QED) is 0.549. The summed E-state index contributed by atoms with van der Waals surface area (Å²) in [5, 5.41) is 10.6. The smallest absolute Gasteiger partial charge is 0.258 e. The standard InChI is InChI=1S/C23H22N4O2/c1-26(22(29)17-10-6-3-7-11-17)18-12-13-20-19(14-18)25-23(24)27(20)15-21(28)16-8-4-2-5-9-16/h2-14,21,28H,15H2,1H3,(H2,24,25)/t21-/m0/s1. The molecule has 3 aromatic carbocycles. The van der Waals surface area contributed by atoms with Gasteiger partial charge in [0, 0.05) is 18.3 Å². The number of imidazole rings is 1. The highest BCUT2D eigenvalue weighted by Crippen LogP contribution is 2.26. The monoisotopic (exact) mass is 386 g/mol. The Morgan fingerprint density at radius 2 is 1.72 bits per heavy atom. The van der Waals surface area contributed by atoms with Gasteiger partial charge in [-0.25, -0.2) is 4.98 Å². The molecule has 4 aromatic rings. The minimum absolute atomic E-state index is 0.100. The zero-order chi connectivity index (χ0) is 20.4. The lowest BCUT2D eigenvalue weighted by molar-refractivity contribution is 0.0993. The van der Waals surface area contributed by atoms with E-state index in [4.69, 9.17) is 5.73 Å². The highest BCUT2D eigenvalue weighted by Gasteiger charge is 2.17. The van der Waals surface area contributed by atoms with Crippen LogP contribution in [0.25, 0.3) is 11.0 Å². The van der Waals surface area contributed by atoms with E-state index in [0.29, 0.717) is 23.6 Å². The Balaban J connectivity index is 1.62. The van der Waals surface area contributed by atoms with Crippen molar-refractivity contribution in [3.63, 3.8) is 0 Å². The molecule has 146 valence electrons. The number of carbonyl (C=O) groups excluding carboxylic acids is 1. The van der Waals surface area contributed by atoms with E-state index in [9.17, 15) is 9.90 Å². The van der Waals surface area contributed by atoms with Gasteiger partial charge in [-0.05, 0) is 35.9 Å². The number of hydrogen-bond donors (Lipinski definition) is 2. The van der Waals surface area contributed by atoms with Crippen LogP contribution in [0.3, 0.4) is 0 Å². The van der Waals surface area contributed by atoms with E-state index >= 15 is 0 Å². The first-order chi connectivity index (χ1) is 14.0. The van der Waals surface area contributed by atoms with Gasteiger partial charge in [-0.1, -0.05) is 48.5 Å². The number of nitrogens with two attached hydrogens (primary N) is 1. The lowest BCUT2D eigenvalue weighted by atomic mass is 10.1.